The van der Waals surface area contributed by atoms with Gasteiger partial charge in [0.05, 0.1) is 0 Å². The summed E-state index contributed by atoms with van der Waals surface area (Å²) in [6, 6.07) is 30.3. The Kier molecular flexibility index (Phi) is 5.82. The maximum atomic E-state index is 2.47. The average molecular weight is 525 g/mol. The fourth-order valence-corrected chi connectivity index (χ4v) is 12.2. The molecule has 4 aromatic carbocycles. The first kappa shape index (κ1) is 21.2. The monoisotopic (exact) mass is 526 g/mol. The maximum absolute atomic E-state index is 2.47. The molecule has 0 spiro atoms. The smallest absolute Gasteiger partial charge is 1.00 e. The molecule has 2 heteroatoms. The van der Waals surface area contributed by atoms with E-state index in [2.05, 4.69) is 107 Å². The maximum Gasteiger partial charge on any atom is -1.00 e. The van der Waals surface area contributed by atoms with Crippen molar-refractivity contribution in [2.24, 2.45) is 0 Å². The van der Waals surface area contributed by atoms with Gasteiger partial charge in [-0.1, -0.05) is 0 Å². The summed E-state index contributed by atoms with van der Waals surface area (Å²) in [6.07, 6.45) is 0. The van der Waals surface area contributed by atoms with E-state index >= 15 is 0 Å². The van der Waals surface area contributed by atoms with E-state index in [0.29, 0.717) is 0 Å². The van der Waals surface area contributed by atoms with Gasteiger partial charge in [0.2, 0.25) is 0 Å². The van der Waals surface area contributed by atoms with Crippen molar-refractivity contribution in [3.8, 4) is 14.7 Å². The molecule has 150 valence electrons. The molecule has 5 aromatic rings. The molecule has 1 heterocycles. The summed E-state index contributed by atoms with van der Waals surface area (Å²) in [4.78, 5) is 0. The number of fused-ring (bicyclic) bond motifs is 3. The van der Waals surface area contributed by atoms with Gasteiger partial charge in [0, 0.05) is 0 Å². The molecule has 0 saturated heterocycles. The SMILES string of the molecule is Cc1ccc(-c2ccc(C)cc2-[te+]2c3cc(C)ccc3c3ccc(C)cc32)cc1.[Cl-]. The van der Waals surface area contributed by atoms with Gasteiger partial charge in [0.1, 0.15) is 0 Å². The molecule has 0 aliphatic heterocycles. The van der Waals surface area contributed by atoms with E-state index in [-0.39, 0.29) is 12.4 Å². The molecule has 0 unspecified atom stereocenters. The fraction of sp³-hybridized carbons (Fsp3) is 0.143. The van der Waals surface area contributed by atoms with E-state index < -0.39 is 19.1 Å². The summed E-state index contributed by atoms with van der Waals surface area (Å²) in [5.74, 6) is 0. The first-order valence-electron chi connectivity index (χ1n) is 10.1. The van der Waals surface area contributed by atoms with Crippen LogP contribution in [0.5, 0.6) is 0 Å². The summed E-state index contributed by atoms with van der Waals surface area (Å²) < 4.78 is 4.79. The minimum Gasteiger partial charge on any atom is -1.00 e. The van der Waals surface area contributed by atoms with Crippen molar-refractivity contribution in [2.75, 3.05) is 0 Å². The second-order valence-corrected chi connectivity index (χ2v) is 13.7. The van der Waals surface area contributed by atoms with E-state index in [1.165, 1.54) is 44.2 Å². The van der Waals surface area contributed by atoms with Gasteiger partial charge in [0.15, 0.2) is 0 Å². The van der Waals surface area contributed by atoms with Crippen LogP contribution in [0.3, 0.4) is 0 Å². The number of aryl methyl sites for hydroxylation is 4. The zero-order valence-corrected chi connectivity index (χ0v) is 20.9. The van der Waals surface area contributed by atoms with Crippen LogP contribution in [0.25, 0.3) is 32.3 Å². The normalized spacial score (nSPS) is 11.1. The molecular formula is C28H25ClTe. The van der Waals surface area contributed by atoms with E-state index in [4.69, 9.17) is 0 Å². The van der Waals surface area contributed by atoms with Gasteiger partial charge < -0.3 is 12.4 Å². The summed E-state index contributed by atoms with van der Waals surface area (Å²) in [6.45, 7) is 8.83. The van der Waals surface area contributed by atoms with Crippen LogP contribution in [0.15, 0.2) is 78.9 Å². The van der Waals surface area contributed by atoms with Crippen molar-refractivity contribution in [3.63, 3.8) is 0 Å². The summed E-state index contributed by atoms with van der Waals surface area (Å²) >= 11 is -1.95. The molecule has 0 atom stereocenters. The Morgan fingerprint density at radius 1 is 0.500 bits per heavy atom. The Balaban J connectivity index is 0.00000218. The van der Waals surface area contributed by atoms with Gasteiger partial charge in [-0.25, -0.2) is 0 Å². The molecule has 0 amide bonds. The Bertz CT molecular complexity index is 1310. The van der Waals surface area contributed by atoms with Gasteiger partial charge >= 0.3 is 180 Å². The van der Waals surface area contributed by atoms with Crippen LogP contribution >= 0.6 is 0 Å². The first-order valence-corrected chi connectivity index (χ1v) is 13.6. The van der Waals surface area contributed by atoms with Crippen LogP contribution in [0.1, 0.15) is 22.3 Å². The van der Waals surface area contributed by atoms with Crippen molar-refractivity contribution < 1.29 is 12.4 Å². The fourth-order valence-electron chi connectivity index (χ4n) is 4.17. The minimum absolute atomic E-state index is 0. The Hall–Kier alpha value is -2.04. The van der Waals surface area contributed by atoms with E-state index in [9.17, 15) is 0 Å². The van der Waals surface area contributed by atoms with Crippen molar-refractivity contribution in [1.29, 1.82) is 0 Å². The van der Waals surface area contributed by atoms with Crippen molar-refractivity contribution >= 4 is 36.6 Å². The molecule has 0 aliphatic rings. The molecule has 0 fully saturated rings. The average Bonchev–Trinajstić information content (AvgIpc) is 3.01. The van der Waals surface area contributed by atoms with Gasteiger partial charge in [-0.3, -0.25) is 0 Å². The molecule has 0 aliphatic carbocycles. The molecule has 5 rings (SSSR count). The van der Waals surface area contributed by atoms with Crippen molar-refractivity contribution in [3.05, 3.63) is 101 Å². The third kappa shape index (κ3) is 3.61. The van der Waals surface area contributed by atoms with E-state index in [1.807, 2.05) is 0 Å². The summed E-state index contributed by atoms with van der Waals surface area (Å²) in [5, 5.41) is 2.91. The summed E-state index contributed by atoms with van der Waals surface area (Å²) in [7, 11) is 0. The predicted octanol–water partition coefficient (Wildman–Crippen LogP) is 4.63. The van der Waals surface area contributed by atoms with E-state index in [1.54, 1.807) is 10.4 Å². The van der Waals surface area contributed by atoms with Gasteiger partial charge in [0.25, 0.3) is 0 Å². The molecule has 1 aromatic heterocycles. The Morgan fingerprint density at radius 3 is 1.53 bits per heavy atom. The molecular weight excluding hydrogens is 499 g/mol. The third-order valence-corrected chi connectivity index (χ3v) is 12.4. The first-order chi connectivity index (χ1) is 14.0. The van der Waals surface area contributed by atoms with Gasteiger partial charge in [-0.05, 0) is 0 Å². The second kappa shape index (κ2) is 8.24. The van der Waals surface area contributed by atoms with Crippen LogP contribution in [0.4, 0.5) is 0 Å². The van der Waals surface area contributed by atoms with Crippen LogP contribution in [-0.4, -0.2) is 19.1 Å². The number of rotatable bonds is 2. The standard InChI is InChI=1S/C28H25Te.ClH/c1-18-5-10-22(11-6-18)23-12-7-19(2)15-26(23)29-27-16-20(3)8-13-24(27)25-14-9-21(4)17-28(25)29;/h5-17H,1-4H3;1H/q+1;/p-1. The molecule has 30 heavy (non-hydrogen) atoms. The molecule has 0 N–H and O–H groups in total. The zero-order valence-electron chi connectivity index (χ0n) is 17.8. The number of halogens is 1. The Morgan fingerprint density at radius 2 is 0.967 bits per heavy atom. The van der Waals surface area contributed by atoms with E-state index in [0.717, 1.165) is 0 Å². The second-order valence-electron chi connectivity index (χ2n) is 8.17. The number of hydrogen-bond acceptors (Lipinski definition) is 0. The summed E-state index contributed by atoms with van der Waals surface area (Å²) in [5.41, 5.74) is 8.14. The van der Waals surface area contributed by atoms with Crippen LogP contribution in [-0.2, 0) is 0 Å². The topological polar surface area (TPSA) is 0 Å². The van der Waals surface area contributed by atoms with Crippen molar-refractivity contribution in [1.82, 2.24) is 0 Å². The largest absolute Gasteiger partial charge is 1.00 e. The quantitative estimate of drug-likeness (QED) is 0.296. The third-order valence-electron chi connectivity index (χ3n) is 5.72. The van der Waals surface area contributed by atoms with Crippen molar-refractivity contribution in [2.45, 2.75) is 27.7 Å². The van der Waals surface area contributed by atoms with Crippen LogP contribution in [0.2, 0.25) is 0 Å². The minimum atomic E-state index is -1.95. The molecule has 0 saturated carbocycles. The number of hydrogen-bond donors (Lipinski definition) is 0. The Labute approximate surface area is 191 Å². The van der Waals surface area contributed by atoms with Crippen LogP contribution in [0, 0.1) is 27.7 Å². The van der Waals surface area contributed by atoms with Gasteiger partial charge in [-0.15, -0.1) is 0 Å². The predicted molar refractivity (Wildman–Crippen MR) is 129 cm³/mol. The zero-order chi connectivity index (χ0) is 20.1. The van der Waals surface area contributed by atoms with Gasteiger partial charge in [-0.2, -0.15) is 0 Å². The molecule has 0 radical (unpaired) electrons. The molecule has 0 bridgehead atoms. The number of benzene rings is 4. The van der Waals surface area contributed by atoms with Crippen LogP contribution < -0.4 is 12.4 Å². The molecule has 0 nitrogen and oxygen atoms in total.